The molecule has 0 unspecified atom stereocenters. The van der Waals surface area contributed by atoms with E-state index in [9.17, 15) is 14.4 Å². The van der Waals surface area contributed by atoms with Crippen molar-refractivity contribution in [1.82, 2.24) is 10.3 Å². The molecule has 2 atom stereocenters. The van der Waals surface area contributed by atoms with Crippen molar-refractivity contribution >= 4 is 56.9 Å². The van der Waals surface area contributed by atoms with E-state index in [4.69, 9.17) is 4.74 Å². The number of hydrogen-bond donors (Lipinski definition) is 1. The van der Waals surface area contributed by atoms with Crippen molar-refractivity contribution in [2.75, 3.05) is 18.1 Å². The number of carbonyl (C=O) groups is 3. The zero-order valence-electron chi connectivity index (χ0n) is 21.8. The molecule has 0 saturated carbocycles. The fourth-order valence-electron chi connectivity index (χ4n) is 3.45. The molecule has 1 N–H and O–H groups in total. The molecule has 0 radical (unpaired) electrons. The van der Waals surface area contributed by atoms with Crippen LogP contribution in [0.3, 0.4) is 0 Å². The lowest BCUT2D eigenvalue weighted by Crippen LogP contribution is -2.52. The van der Waals surface area contributed by atoms with Gasteiger partial charge in [0, 0.05) is 23.3 Å². The number of nitrogens with one attached hydrogen (secondary N) is 1. The first kappa shape index (κ1) is 30.6. The molecule has 7 nitrogen and oxygen atoms in total. The van der Waals surface area contributed by atoms with Crippen LogP contribution in [0, 0.1) is 5.92 Å². The van der Waals surface area contributed by atoms with Gasteiger partial charge in [-0.05, 0) is 25.7 Å². The summed E-state index contributed by atoms with van der Waals surface area (Å²) in [6.07, 6.45) is 10.8. The van der Waals surface area contributed by atoms with Gasteiger partial charge in [0.1, 0.15) is 28.9 Å². The molecule has 2 rings (SSSR count). The van der Waals surface area contributed by atoms with Crippen LogP contribution in [-0.2, 0) is 19.1 Å². The first-order chi connectivity index (χ1) is 17.3. The van der Waals surface area contributed by atoms with Gasteiger partial charge in [0.05, 0.1) is 5.51 Å². The molecular weight excluding hydrogens is 515 g/mol. The molecule has 0 fully saturated rings. The summed E-state index contributed by atoms with van der Waals surface area (Å²) in [6.45, 7) is 7.83. The van der Waals surface area contributed by atoms with Gasteiger partial charge < -0.3 is 10.1 Å². The largest absolute Gasteiger partial charge is 0.460 e. The van der Waals surface area contributed by atoms with Gasteiger partial charge in [-0.3, -0.25) is 14.6 Å². The number of aromatic nitrogens is 1. The van der Waals surface area contributed by atoms with Crippen LogP contribution in [0.5, 0.6) is 0 Å². The number of carbonyl (C=O) groups excluding carboxylic acids is 3. The molecule has 0 spiro atoms. The maximum absolute atomic E-state index is 13.0. The third-order valence-corrected chi connectivity index (χ3v) is 8.54. The molecule has 36 heavy (non-hydrogen) atoms. The van der Waals surface area contributed by atoms with E-state index in [1.54, 1.807) is 18.5 Å². The molecule has 1 aromatic rings. The molecule has 1 amide bonds. The minimum atomic E-state index is -0.957. The Balaban J connectivity index is 1.70. The summed E-state index contributed by atoms with van der Waals surface area (Å²) >= 11 is 4.35. The van der Waals surface area contributed by atoms with Crippen molar-refractivity contribution in [1.29, 1.82) is 0 Å². The molecule has 0 bridgehead atoms. The number of rotatable bonds is 16. The number of allylic oxidation sites excluding steroid dienone is 1. The van der Waals surface area contributed by atoms with Crippen molar-refractivity contribution in [3.05, 3.63) is 28.7 Å². The van der Waals surface area contributed by atoms with E-state index in [1.807, 2.05) is 25.3 Å². The third-order valence-electron chi connectivity index (χ3n) is 5.71. The molecule has 1 aliphatic heterocycles. The Kier molecular flexibility index (Phi) is 13.8. The van der Waals surface area contributed by atoms with Crippen LogP contribution in [0.4, 0.5) is 0 Å². The molecular formula is C26H39N3O4S3. The first-order valence-corrected chi connectivity index (χ1v) is 15.6. The van der Waals surface area contributed by atoms with E-state index >= 15 is 0 Å². The second-order valence-electron chi connectivity index (χ2n) is 9.32. The summed E-state index contributed by atoms with van der Waals surface area (Å²) in [4.78, 5) is 46.4. The van der Waals surface area contributed by atoms with Gasteiger partial charge in [0.2, 0.25) is 5.91 Å². The summed E-state index contributed by atoms with van der Waals surface area (Å²) in [5, 5.41) is 5.75. The maximum atomic E-state index is 13.0. The minimum absolute atomic E-state index is 0.130. The summed E-state index contributed by atoms with van der Waals surface area (Å²) in [6, 6.07) is -0.753. The number of esters is 1. The normalized spacial score (nSPS) is 18.4. The SMILES string of the molecule is CCCCCCCC(=O)SCC/C=C/COC(=O)[C@@H](NC(=O)[C@]1(C)CSC(c2cscn2)=N1)C(C)C. The molecule has 200 valence electrons. The molecule has 0 aromatic carbocycles. The van der Waals surface area contributed by atoms with Gasteiger partial charge in [-0.15, -0.1) is 23.1 Å². The van der Waals surface area contributed by atoms with Crippen LogP contribution in [0.2, 0.25) is 0 Å². The smallest absolute Gasteiger partial charge is 0.329 e. The number of amides is 1. The standard InChI is InChI=1S/C26H39N3O4S3/c1-5-6-7-8-10-13-21(30)35-15-12-9-11-14-33-24(31)22(19(2)3)28-25(32)26(4)17-36-23(29-26)20-16-34-18-27-20/h9,11,16,18-19,22H,5-8,10,12-15,17H2,1-4H3,(H,28,32)/b11-9+/t22-,26-/m0/s1. The topological polar surface area (TPSA) is 97.7 Å². The van der Waals surface area contributed by atoms with Crippen LogP contribution < -0.4 is 5.32 Å². The monoisotopic (exact) mass is 553 g/mol. The van der Waals surface area contributed by atoms with Crippen LogP contribution in [0.1, 0.15) is 78.3 Å². The van der Waals surface area contributed by atoms with E-state index in [-0.39, 0.29) is 23.5 Å². The lowest BCUT2D eigenvalue weighted by atomic mass is 10.0. The molecule has 1 aliphatic rings. The number of ether oxygens (including phenoxy) is 1. The minimum Gasteiger partial charge on any atom is -0.460 e. The van der Waals surface area contributed by atoms with Crippen molar-refractivity contribution in [3.63, 3.8) is 0 Å². The number of hydrogen-bond acceptors (Lipinski definition) is 9. The van der Waals surface area contributed by atoms with E-state index < -0.39 is 17.6 Å². The molecule has 0 saturated heterocycles. The second kappa shape index (κ2) is 16.2. The second-order valence-corrected chi connectivity index (χ2v) is 12.2. The number of thioether (sulfide) groups is 2. The van der Waals surface area contributed by atoms with Crippen LogP contribution in [-0.4, -0.2) is 56.7 Å². The predicted molar refractivity (Wildman–Crippen MR) is 152 cm³/mol. The Hall–Kier alpha value is -1.65. The van der Waals surface area contributed by atoms with Crippen molar-refractivity contribution in [2.45, 2.75) is 84.2 Å². The van der Waals surface area contributed by atoms with Crippen molar-refractivity contribution < 1.29 is 19.1 Å². The summed E-state index contributed by atoms with van der Waals surface area (Å²) in [5.74, 6) is 0.331. The quantitative estimate of drug-likeness (QED) is 0.161. The van der Waals surface area contributed by atoms with Crippen LogP contribution in [0.25, 0.3) is 0 Å². The fraction of sp³-hybridized carbons (Fsp3) is 0.654. The molecule has 1 aromatic heterocycles. The highest BCUT2D eigenvalue weighted by molar-refractivity contribution is 8.14. The highest BCUT2D eigenvalue weighted by atomic mass is 32.2. The number of aliphatic imine (C=N–C) groups is 1. The average Bonchev–Trinajstić information content (AvgIpc) is 3.52. The van der Waals surface area contributed by atoms with Crippen LogP contribution in [0.15, 0.2) is 28.0 Å². The third kappa shape index (κ3) is 10.4. The van der Waals surface area contributed by atoms with E-state index in [0.717, 1.165) is 35.8 Å². The van der Waals surface area contributed by atoms with Gasteiger partial charge in [-0.2, -0.15) is 0 Å². The lowest BCUT2D eigenvalue weighted by Gasteiger charge is -2.25. The van der Waals surface area contributed by atoms with Gasteiger partial charge in [0.15, 0.2) is 5.12 Å². The first-order valence-electron chi connectivity index (χ1n) is 12.7. The maximum Gasteiger partial charge on any atom is 0.329 e. The number of unbranched alkanes of at least 4 members (excludes halogenated alkanes) is 4. The molecule has 0 aliphatic carbocycles. The number of nitrogens with zero attached hydrogens (tertiary/aromatic N) is 2. The Morgan fingerprint density at radius 2 is 2.00 bits per heavy atom. The van der Waals surface area contributed by atoms with E-state index in [2.05, 4.69) is 22.2 Å². The fourth-order valence-corrected chi connectivity index (χ4v) is 5.97. The zero-order chi connectivity index (χ0) is 26.4. The Bertz CT molecular complexity index is 902. The van der Waals surface area contributed by atoms with Gasteiger partial charge in [0.25, 0.3) is 0 Å². The summed E-state index contributed by atoms with van der Waals surface area (Å²) in [5.41, 5.74) is 1.56. The van der Waals surface area contributed by atoms with Gasteiger partial charge >= 0.3 is 5.97 Å². The molecule has 10 heteroatoms. The average molecular weight is 554 g/mol. The highest BCUT2D eigenvalue weighted by Gasteiger charge is 2.41. The van der Waals surface area contributed by atoms with E-state index in [0.29, 0.717) is 12.2 Å². The Labute approximate surface area is 227 Å². The Morgan fingerprint density at radius 3 is 2.69 bits per heavy atom. The van der Waals surface area contributed by atoms with Gasteiger partial charge in [-0.1, -0.05) is 70.4 Å². The Morgan fingerprint density at radius 1 is 1.22 bits per heavy atom. The van der Waals surface area contributed by atoms with Crippen LogP contribution >= 0.6 is 34.9 Å². The van der Waals surface area contributed by atoms with Crippen molar-refractivity contribution in [2.24, 2.45) is 10.9 Å². The highest BCUT2D eigenvalue weighted by Crippen LogP contribution is 2.31. The van der Waals surface area contributed by atoms with Gasteiger partial charge in [-0.25, -0.2) is 9.78 Å². The van der Waals surface area contributed by atoms with E-state index in [1.165, 1.54) is 54.1 Å². The molecule has 2 heterocycles. The number of thiazole rings is 1. The summed E-state index contributed by atoms with van der Waals surface area (Å²) < 4.78 is 5.39. The van der Waals surface area contributed by atoms with Crippen molar-refractivity contribution in [3.8, 4) is 0 Å². The lowest BCUT2D eigenvalue weighted by molar-refractivity contribution is -0.148. The zero-order valence-corrected chi connectivity index (χ0v) is 24.2. The predicted octanol–water partition coefficient (Wildman–Crippen LogP) is 5.65. The summed E-state index contributed by atoms with van der Waals surface area (Å²) in [7, 11) is 0.